The average molecular weight is 233 g/mol. The van der Waals surface area contributed by atoms with E-state index < -0.39 is 5.97 Å². The van der Waals surface area contributed by atoms with Crippen LogP contribution in [0.1, 0.15) is 5.56 Å². The Morgan fingerprint density at radius 2 is 2.25 bits per heavy atom. The van der Waals surface area contributed by atoms with Crippen LogP contribution >= 0.6 is 11.8 Å². The first-order chi connectivity index (χ1) is 7.75. The van der Waals surface area contributed by atoms with Crippen molar-refractivity contribution in [3.8, 4) is 0 Å². The monoisotopic (exact) mass is 233 g/mol. The number of benzene rings is 1. The molecule has 1 aromatic heterocycles. The topological polar surface area (TPSA) is 50.2 Å². The molecule has 0 spiro atoms. The highest BCUT2D eigenvalue weighted by molar-refractivity contribution is 7.99. The lowest BCUT2D eigenvalue weighted by atomic mass is 10.1. The number of pyridine rings is 1. The highest BCUT2D eigenvalue weighted by Gasteiger charge is 2.00. The van der Waals surface area contributed by atoms with Gasteiger partial charge >= 0.3 is 5.97 Å². The van der Waals surface area contributed by atoms with Gasteiger partial charge in [-0.05, 0) is 23.8 Å². The van der Waals surface area contributed by atoms with Crippen LogP contribution in [0.2, 0.25) is 0 Å². The number of carboxylic acids is 1. The molecule has 2 rings (SSSR count). The molecule has 0 aliphatic carbocycles. The van der Waals surface area contributed by atoms with Crippen LogP contribution in [0.3, 0.4) is 0 Å². The quantitative estimate of drug-likeness (QED) is 0.881. The van der Waals surface area contributed by atoms with E-state index in [1.54, 1.807) is 6.20 Å². The lowest BCUT2D eigenvalue weighted by Crippen LogP contribution is -1.98. The average Bonchev–Trinajstić information content (AvgIpc) is 2.28. The van der Waals surface area contributed by atoms with Crippen LogP contribution in [0, 0.1) is 0 Å². The minimum absolute atomic E-state index is 0.144. The number of aromatic nitrogens is 1. The maximum atomic E-state index is 10.4. The smallest absolute Gasteiger partial charge is 0.313 e. The first kappa shape index (κ1) is 11.0. The minimum Gasteiger partial charge on any atom is -0.481 e. The second kappa shape index (κ2) is 4.99. The third kappa shape index (κ3) is 2.73. The summed E-state index contributed by atoms with van der Waals surface area (Å²) < 4.78 is 0. The first-order valence-electron chi connectivity index (χ1n) is 4.89. The largest absolute Gasteiger partial charge is 0.481 e. The molecular formula is C12H11NO2S. The molecule has 16 heavy (non-hydrogen) atoms. The van der Waals surface area contributed by atoms with Crippen LogP contribution in [-0.4, -0.2) is 21.8 Å². The van der Waals surface area contributed by atoms with Gasteiger partial charge in [0.2, 0.25) is 0 Å². The molecule has 0 fully saturated rings. The number of hydrogen-bond donors (Lipinski definition) is 1. The predicted molar refractivity (Wildman–Crippen MR) is 65.5 cm³/mol. The van der Waals surface area contributed by atoms with Crippen molar-refractivity contribution in [2.24, 2.45) is 0 Å². The van der Waals surface area contributed by atoms with Crippen LogP contribution in [0.15, 0.2) is 36.5 Å². The van der Waals surface area contributed by atoms with E-state index in [1.165, 1.54) is 11.8 Å². The number of aliphatic carboxylic acids is 1. The van der Waals surface area contributed by atoms with Gasteiger partial charge in [0.05, 0.1) is 11.3 Å². The molecule has 0 saturated heterocycles. The van der Waals surface area contributed by atoms with Gasteiger partial charge in [-0.2, -0.15) is 0 Å². The zero-order valence-corrected chi connectivity index (χ0v) is 9.41. The third-order valence-electron chi connectivity index (χ3n) is 2.16. The van der Waals surface area contributed by atoms with Gasteiger partial charge in [-0.1, -0.05) is 12.1 Å². The summed E-state index contributed by atoms with van der Waals surface area (Å²) in [7, 11) is 0. The van der Waals surface area contributed by atoms with Crippen molar-refractivity contribution in [2.75, 3.05) is 5.75 Å². The number of nitrogens with zero attached hydrogens (tertiary/aromatic N) is 1. The number of hydrogen-bond acceptors (Lipinski definition) is 3. The zero-order valence-electron chi connectivity index (χ0n) is 8.59. The molecule has 0 radical (unpaired) electrons. The normalized spacial score (nSPS) is 10.5. The van der Waals surface area contributed by atoms with Crippen molar-refractivity contribution in [3.05, 3.63) is 42.1 Å². The zero-order chi connectivity index (χ0) is 11.4. The van der Waals surface area contributed by atoms with Gasteiger partial charge in [-0.3, -0.25) is 9.78 Å². The molecule has 0 unspecified atom stereocenters. The first-order valence-corrected chi connectivity index (χ1v) is 6.04. The Morgan fingerprint density at radius 3 is 3.06 bits per heavy atom. The molecule has 82 valence electrons. The van der Waals surface area contributed by atoms with Crippen molar-refractivity contribution in [2.45, 2.75) is 5.75 Å². The Bertz CT molecular complexity index is 513. The summed E-state index contributed by atoms with van der Waals surface area (Å²) in [4.78, 5) is 14.6. The van der Waals surface area contributed by atoms with Gasteiger partial charge in [-0.25, -0.2) is 0 Å². The molecule has 0 aliphatic rings. The van der Waals surface area contributed by atoms with E-state index in [4.69, 9.17) is 5.11 Å². The molecular weight excluding hydrogens is 222 g/mol. The van der Waals surface area contributed by atoms with Gasteiger partial charge in [-0.15, -0.1) is 11.8 Å². The van der Waals surface area contributed by atoms with Crippen molar-refractivity contribution in [3.63, 3.8) is 0 Å². The van der Waals surface area contributed by atoms with E-state index in [0.29, 0.717) is 0 Å². The Balaban J connectivity index is 2.10. The Labute approximate surface area is 97.5 Å². The molecule has 0 amide bonds. The fourth-order valence-electron chi connectivity index (χ4n) is 1.47. The molecule has 0 bridgehead atoms. The molecule has 1 N–H and O–H groups in total. The van der Waals surface area contributed by atoms with Crippen molar-refractivity contribution < 1.29 is 9.90 Å². The van der Waals surface area contributed by atoms with E-state index in [2.05, 4.69) is 11.1 Å². The lowest BCUT2D eigenvalue weighted by Gasteiger charge is -2.02. The maximum absolute atomic E-state index is 10.4. The minimum atomic E-state index is -0.771. The molecule has 2 aromatic rings. The molecule has 4 heteroatoms. The maximum Gasteiger partial charge on any atom is 0.313 e. The van der Waals surface area contributed by atoms with Gasteiger partial charge < -0.3 is 5.11 Å². The number of thioether (sulfide) groups is 1. The van der Waals surface area contributed by atoms with Crippen LogP contribution in [0.5, 0.6) is 0 Å². The van der Waals surface area contributed by atoms with E-state index >= 15 is 0 Å². The predicted octanol–water partition coefficient (Wildman–Crippen LogP) is 2.55. The molecule has 0 atom stereocenters. The summed E-state index contributed by atoms with van der Waals surface area (Å²) in [5.41, 5.74) is 2.10. The summed E-state index contributed by atoms with van der Waals surface area (Å²) >= 11 is 1.40. The van der Waals surface area contributed by atoms with Gasteiger partial charge in [0.25, 0.3) is 0 Å². The van der Waals surface area contributed by atoms with Crippen LogP contribution in [-0.2, 0) is 10.5 Å². The SMILES string of the molecule is O=C(O)CSCc1ccc2ncccc2c1. The lowest BCUT2D eigenvalue weighted by molar-refractivity contribution is -0.133. The van der Waals surface area contributed by atoms with E-state index in [1.807, 2.05) is 24.3 Å². The summed E-state index contributed by atoms with van der Waals surface area (Å²) in [6.45, 7) is 0. The fraction of sp³-hybridized carbons (Fsp3) is 0.167. The van der Waals surface area contributed by atoms with Crippen molar-refractivity contribution in [1.82, 2.24) is 4.98 Å². The number of rotatable bonds is 4. The van der Waals surface area contributed by atoms with Gasteiger partial charge in [0.1, 0.15) is 0 Å². The molecule has 0 aliphatic heterocycles. The highest BCUT2D eigenvalue weighted by Crippen LogP contribution is 2.17. The molecule has 3 nitrogen and oxygen atoms in total. The summed E-state index contributed by atoms with van der Waals surface area (Å²) in [5.74, 6) is 0.0924. The Kier molecular flexibility index (Phi) is 3.41. The standard InChI is InChI=1S/C12H11NO2S/c14-12(15)8-16-7-9-3-4-11-10(6-9)2-1-5-13-11/h1-6H,7-8H2,(H,14,15). The van der Waals surface area contributed by atoms with Crippen LogP contribution < -0.4 is 0 Å². The number of fused-ring (bicyclic) bond motifs is 1. The van der Waals surface area contributed by atoms with Crippen LogP contribution in [0.25, 0.3) is 10.9 Å². The number of carbonyl (C=O) groups is 1. The summed E-state index contributed by atoms with van der Waals surface area (Å²) in [5, 5.41) is 9.63. The Morgan fingerprint density at radius 1 is 1.38 bits per heavy atom. The summed E-state index contributed by atoms with van der Waals surface area (Å²) in [6.07, 6.45) is 1.77. The van der Waals surface area contributed by atoms with Gasteiger partial charge in [0, 0.05) is 17.3 Å². The molecule has 0 saturated carbocycles. The summed E-state index contributed by atoms with van der Waals surface area (Å²) in [6, 6.07) is 9.91. The van der Waals surface area contributed by atoms with Crippen molar-refractivity contribution in [1.29, 1.82) is 0 Å². The second-order valence-corrected chi connectivity index (χ2v) is 4.40. The Hall–Kier alpha value is -1.55. The van der Waals surface area contributed by atoms with E-state index in [0.717, 1.165) is 22.2 Å². The van der Waals surface area contributed by atoms with E-state index in [-0.39, 0.29) is 5.75 Å². The highest BCUT2D eigenvalue weighted by atomic mass is 32.2. The fourth-order valence-corrected chi connectivity index (χ4v) is 2.16. The van der Waals surface area contributed by atoms with Crippen LogP contribution in [0.4, 0.5) is 0 Å². The number of carboxylic acid groups (broad SMARTS) is 1. The second-order valence-electron chi connectivity index (χ2n) is 3.42. The van der Waals surface area contributed by atoms with Gasteiger partial charge in [0.15, 0.2) is 0 Å². The van der Waals surface area contributed by atoms with E-state index in [9.17, 15) is 4.79 Å². The molecule has 1 heterocycles. The molecule has 1 aromatic carbocycles. The van der Waals surface area contributed by atoms with Crippen molar-refractivity contribution >= 4 is 28.6 Å². The third-order valence-corrected chi connectivity index (χ3v) is 3.15.